The minimum absolute atomic E-state index is 0.124. The Morgan fingerprint density at radius 1 is 1.21 bits per heavy atom. The van der Waals surface area contributed by atoms with Gasteiger partial charge in [0.2, 0.25) is 0 Å². The maximum atomic E-state index is 12.3. The highest BCUT2D eigenvalue weighted by Crippen LogP contribution is 2.35. The molecular formula is C18H21NO4S. The second-order valence-corrected chi connectivity index (χ2v) is 6.77. The Morgan fingerprint density at radius 3 is 2.46 bits per heavy atom. The highest BCUT2D eigenvalue weighted by molar-refractivity contribution is 7.12. The van der Waals surface area contributed by atoms with E-state index in [-0.39, 0.29) is 18.2 Å². The Kier molecular flexibility index (Phi) is 6.11. The first kappa shape index (κ1) is 18.2. The lowest BCUT2D eigenvalue weighted by Gasteiger charge is -2.13. The van der Waals surface area contributed by atoms with Gasteiger partial charge >= 0.3 is 5.97 Å². The second kappa shape index (κ2) is 8.08. The summed E-state index contributed by atoms with van der Waals surface area (Å²) in [5.41, 5.74) is 0.473. The summed E-state index contributed by atoms with van der Waals surface area (Å²) >= 11 is 1.48. The fourth-order valence-corrected chi connectivity index (χ4v) is 3.09. The quantitative estimate of drug-likeness (QED) is 0.591. The predicted octanol–water partition coefficient (Wildman–Crippen LogP) is 3.65. The zero-order valence-corrected chi connectivity index (χ0v) is 15.1. The Bertz CT molecular complexity index is 709. The predicted molar refractivity (Wildman–Crippen MR) is 93.3 cm³/mol. The molecule has 1 aromatic heterocycles. The molecule has 0 saturated heterocycles. The molecule has 0 N–H and O–H groups in total. The van der Waals surface area contributed by atoms with Gasteiger partial charge in [0.1, 0.15) is 5.75 Å². The topological polar surface area (TPSA) is 55.8 Å². The van der Waals surface area contributed by atoms with Gasteiger partial charge in [0.05, 0.1) is 24.0 Å². The minimum Gasteiger partial charge on any atom is -0.422 e. The first-order chi connectivity index (χ1) is 11.4. The highest BCUT2D eigenvalue weighted by atomic mass is 32.1. The van der Waals surface area contributed by atoms with E-state index in [1.165, 1.54) is 18.4 Å². The van der Waals surface area contributed by atoms with E-state index < -0.39 is 5.97 Å². The maximum Gasteiger partial charge on any atom is 0.343 e. The van der Waals surface area contributed by atoms with Gasteiger partial charge in [-0.2, -0.15) is 0 Å². The van der Waals surface area contributed by atoms with Gasteiger partial charge < -0.3 is 4.74 Å². The van der Waals surface area contributed by atoms with E-state index in [4.69, 9.17) is 9.57 Å². The summed E-state index contributed by atoms with van der Waals surface area (Å²) in [5, 5.41) is 1.16. The summed E-state index contributed by atoms with van der Waals surface area (Å²) in [7, 11) is 2.98. The molecule has 0 unspecified atom stereocenters. The average Bonchev–Trinajstić information content (AvgIpc) is 2.97. The van der Waals surface area contributed by atoms with Crippen molar-refractivity contribution in [3.8, 4) is 5.75 Å². The first-order valence-electron chi connectivity index (χ1n) is 7.62. The molecule has 0 atom stereocenters. The fraction of sp³-hybridized carbons (Fsp3) is 0.333. The summed E-state index contributed by atoms with van der Waals surface area (Å²) in [4.78, 5) is 31.1. The van der Waals surface area contributed by atoms with Gasteiger partial charge in [-0.15, -0.1) is 11.3 Å². The molecule has 1 amide bonds. The zero-order valence-electron chi connectivity index (χ0n) is 14.2. The van der Waals surface area contributed by atoms with E-state index in [0.29, 0.717) is 11.3 Å². The number of esters is 1. The fourth-order valence-electron chi connectivity index (χ4n) is 2.01. The molecule has 0 bridgehead atoms. The number of hydrogen-bond acceptors (Lipinski definition) is 5. The molecule has 6 heteroatoms. The summed E-state index contributed by atoms with van der Waals surface area (Å²) in [6.07, 6.45) is 0.124. The van der Waals surface area contributed by atoms with Crippen LogP contribution in [0.5, 0.6) is 5.75 Å². The van der Waals surface area contributed by atoms with E-state index >= 15 is 0 Å². The molecule has 0 aliphatic rings. The first-order valence-corrected chi connectivity index (χ1v) is 8.44. The molecule has 0 fully saturated rings. The molecule has 128 valence electrons. The van der Waals surface area contributed by atoms with Crippen LogP contribution >= 0.6 is 11.3 Å². The van der Waals surface area contributed by atoms with Crippen molar-refractivity contribution in [1.29, 1.82) is 0 Å². The number of likely N-dealkylation sites (N-methyl/N-ethyl adjacent to an activating group) is 1. The number of nitrogens with zero attached hydrogens (tertiary/aromatic N) is 1. The molecular weight excluding hydrogens is 326 g/mol. The highest BCUT2D eigenvalue weighted by Gasteiger charge is 2.20. The second-order valence-electron chi connectivity index (χ2n) is 5.60. The van der Waals surface area contributed by atoms with Crippen molar-refractivity contribution >= 4 is 23.2 Å². The van der Waals surface area contributed by atoms with Crippen molar-refractivity contribution in [3.05, 3.63) is 51.7 Å². The lowest BCUT2D eigenvalue weighted by Crippen LogP contribution is -2.26. The molecule has 2 rings (SSSR count). The summed E-state index contributed by atoms with van der Waals surface area (Å²) in [6, 6.07) is 10.6. The van der Waals surface area contributed by atoms with Crippen LogP contribution in [0.1, 0.15) is 39.9 Å². The Hall–Kier alpha value is -2.18. The number of carbonyl (C=O) groups excluding carboxylic acids is 2. The number of amides is 1. The third-order valence-corrected chi connectivity index (χ3v) is 4.92. The minimum atomic E-state index is -0.433. The van der Waals surface area contributed by atoms with Crippen molar-refractivity contribution in [2.45, 2.75) is 26.2 Å². The number of hydrogen-bond donors (Lipinski definition) is 0. The zero-order chi connectivity index (χ0) is 17.7. The molecule has 24 heavy (non-hydrogen) atoms. The van der Waals surface area contributed by atoms with Crippen LogP contribution in [0.2, 0.25) is 0 Å². The lowest BCUT2D eigenvalue weighted by atomic mass is 10.2. The molecule has 0 aliphatic carbocycles. The normalized spacial score (nSPS) is 10.7. The Morgan fingerprint density at radius 2 is 1.88 bits per heavy atom. The van der Waals surface area contributed by atoms with E-state index in [2.05, 4.69) is 13.8 Å². The van der Waals surface area contributed by atoms with E-state index in [1.807, 2.05) is 12.1 Å². The summed E-state index contributed by atoms with van der Waals surface area (Å²) in [5.74, 6) is 0.0905. The van der Waals surface area contributed by atoms with Crippen LogP contribution in [0, 0.1) is 0 Å². The molecule has 0 saturated carbocycles. The number of hydroxylamine groups is 2. The van der Waals surface area contributed by atoms with Gasteiger partial charge in [-0.3, -0.25) is 9.63 Å². The van der Waals surface area contributed by atoms with Crippen LogP contribution in [0.25, 0.3) is 0 Å². The maximum absolute atomic E-state index is 12.3. The largest absolute Gasteiger partial charge is 0.422 e. The molecule has 1 heterocycles. The van der Waals surface area contributed by atoms with E-state index in [1.54, 1.807) is 31.3 Å². The third-order valence-electron chi connectivity index (χ3n) is 3.51. The van der Waals surface area contributed by atoms with Gasteiger partial charge in [-0.1, -0.05) is 32.0 Å². The third kappa shape index (κ3) is 4.43. The number of ether oxygens (including phenoxy) is 1. The van der Waals surface area contributed by atoms with Gasteiger partial charge in [-0.05, 0) is 24.1 Å². The Balaban J connectivity index is 2.24. The number of carbonyl (C=O) groups is 2. The number of benzene rings is 1. The van der Waals surface area contributed by atoms with E-state index in [0.717, 1.165) is 14.8 Å². The molecule has 0 radical (unpaired) electrons. The molecule has 5 nitrogen and oxygen atoms in total. The molecule has 0 aliphatic heterocycles. The van der Waals surface area contributed by atoms with Crippen LogP contribution < -0.4 is 4.74 Å². The van der Waals surface area contributed by atoms with Crippen LogP contribution in [0.15, 0.2) is 36.4 Å². The SMILES string of the molecule is CON(C)C(=O)Cc1sc(C(C)C)cc1OC(=O)c1ccccc1. The van der Waals surface area contributed by atoms with Crippen molar-refractivity contribution < 1.29 is 19.2 Å². The van der Waals surface area contributed by atoms with Crippen LogP contribution in [-0.4, -0.2) is 31.1 Å². The van der Waals surface area contributed by atoms with Crippen LogP contribution in [0.4, 0.5) is 0 Å². The van der Waals surface area contributed by atoms with Gasteiger partial charge in [0.15, 0.2) is 0 Å². The molecule has 1 aromatic carbocycles. The van der Waals surface area contributed by atoms with Crippen molar-refractivity contribution in [2.24, 2.45) is 0 Å². The summed E-state index contributed by atoms with van der Waals surface area (Å²) < 4.78 is 5.54. The van der Waals surface area contributed by atoms with Crippen molar-refractivity contribution in [3.63, 3.8) is 0 Å². The smallest absolute Gasteiger partial charge is 0.343 e. The van der Waals surface area contributed by atoms with Gasteiger partial charge in [0, 0.05) is 11.9 Å². The summed E-state index contributed by atoms with van der Waals surface area (Å²) in [6.45, 7) is 4.11. The number of thiophene rings is 1. The molecule has 0 spiro atoms. The van der Waals surface area contributed by atoms with Crippen molar-refractivity contribution in [2.75, 3.05) is 14.2 Å². The average molecular weight is 347 g/mol. The Labute approximate surface area is 145 Å². The monoisotopic (exact) mass is 347 g/mol. The van der Waals surface area contributed by atoms with Gasteiger partial charge in [0.25, 0.3) is 5.91 Å². The lowest BCUT2D eigenvalue weighted by molar-refractivity contribution is -0.167. The standard InChI is InChI=1S/C18H21NO4S/c1-12(2)15-10-14(16(24-15)11-17(20)19(3)22-4)23-18(21)13-8-6-5-7-9-13/h5-10,12H,11H2,1-4H3. The van der Waals surface area contributed by atoms with Gasteiger partial charge in [-0.25, -0.2) is 9.86 Å². The van der Waals surface area contributed by atoms with Crippen molar-refractivity contribution in [1.82, 2.24) is 5.06 Å². The number of rotatable bonds is 6. The van der Waals surface area contributed by atoms with Crippen LogP contribution in [-0.2, 0) is 16.1 Å². The van der Waals surface area contributed by atoms with E-state index in [9.17, 15) is 9.59 Å². The molecule has 2 aromatic rings. The van der Waals surface area contributed by atoms with Crippen LogP contribution in [0.3, 0.4) is 0 Å².